The van der Waals surface area contributed by atoms with Gasteiger partial charge in [-0.1, -0.05) is 38.6 Å². The molecule has 9 rings (SSSR count). The first-order valence-corrected chi connectivity index (χ1v) is 22.8. The minimum Gasteiger partial charge on any atom is -0.743 e. The van der Waals surface area contributed by atoms with Crippen LogP contribution in [0.2, 0.25) is 0 Å². The number of rotatable bonds is 12. The van der Waals surface area contributed by atoms with Gasteiger partial charge in [-0.25, -0.2) is 13.2 Å². The largest absolute Gasteiger partial charge is 0.743 e. The van der Waals surface area contributed by atoms with Crippen molar-refractivity contribution in [1.29, 1.82) is 0 Å². The molecule has 2 unspecified atom stereocenters. The fourth-order valence-electron chi connectivity index (χ4n) is 10.5. The Bertz CT molecular complexity index is 2260. The summed E-state index contributed by atoms with van der Waals surface area (Å²) in [6, 6.07) is 21.9. The molecule has 0 spiro atoms. The third kappa shape index (κ3) is 8.65. The smallest absolute Gasteiger partial charge is 0.396 e. The number of halogens is 4. The molecule has 4 aromatic rings. The topological polar surface area (TPSA) is 139 Å². The molecule has 5 saturated carbocycles. The van der Waals surface area contributed by atoms with Crippen molar-refractivity contribution in [2.24, 2.45) is 17.3 Å². The lowest BCUT2D eigenvalue weighted by molar-refractivity contribution is -0.201. The first-order valence-electron chi connectivity index (χ1n) is 20.2. The van der Waals surface area contributed by atoms with Gasteiger partial charge in [-0.05, 0) is 132 Å². The van der Waals surface area contributed by atoms with E-state index in [-0.39, 0.29) is 54.3 Å². The van der Waals surface area contributed by atoms with Crippen LogP contribution in [0.5, 0.6) is 5.75 Å². The quantitative estimate of drug-likeness (QED) is 0.0637. The monoisotopic (exact) mass is 878 g/mol. The summed E-state index contributed by atoms with van der Waals surface area (Å²) in [5.74, 6) is -5.21. The van der Waals surface area contributed by atoms with Crippen molar-refractivity contribution in [3.05, 3.63) is 71.8 Å². The molecule has 328 valence electrons. The predicted octanol–water partition coefficient (Wildman–Crippen LogP) is 10.7. The molecule has 15 heteroatoms. The Morgan fingerprint density at radius 2 is 1.43 bits per heavy atom. The number of aryl methyl sites for hydroxylation is 2. The SMILES string of the molecule is C.CCC1(OC(=O)COc2c(C)cc(-[s+]3c4ccccc4c4ccccc43)cc2C)CCCC1.O=C(OCCC(F)(F)C(F)(F)S(=O)(=O)[O-])C12CC3CC(CC(O)(C3)C1)C2. The molecule has 1 N–H and O–H groups in total. The first-order chi connectivity index (χ1) is 27.7. The first kappa shape index (κ1) is 45.7. The van der Waals surface area contributed by atoms with E-state index in [1.807, 2.05) is 0 Å². The number of ether oxygens (including phenoxy) is 3. The van der Waals surface area contributed by atoms with Crippen molar-refractivity contribution in [2.45, 2.75) is 128 Å². The van der Waals surface area contributed by atoms with Crippen LogP contribution in [0.15, 0.2) is 60.7 Å². The number of esters is 2. The van der Waals surface area contributed by atoms with Crippen molar-refractivity contribution >= 4 is 52.7 Å². The average molecular weight is 879 g/mol. The van der Waals surface area contributed by atoms with E-state index in [1.54, 1.807) is 0 Å². The minimum atomic E-state index is -6.56. The average Bonchev–Trinajstić information content (AvgIpc) is 3.76. The third-order valence-corrected chi connectivity index (χ3v) is 16.1. The molecule has 0 amide bonds. The maximum absolute atomic E-state index is 13.4. The molecule has 4 bridgehead atoms. The summed E-state index contributed by atoms with van der Waals surface area (Å²) in [7, 11) is -6.70. The summed E-state index contributed by atoms with van der Waals surface area (Å²) in [4.78, 5) is 26.3. The van der Waals surface area contributed by atoms with Crippen molar-refractivity contribution in [1.82, 2.24) is 0 Å². The molecule has 0 radical (unpaired) electrons. The van der Waals surface area contributed by atoms with Gasteiger partial charge in [0.25, 0.3) is 0 Å². The van der Waals surface area contributed by atoms with E-state index in [2.05, 4.69) is 81.4 Å². The second-order valence-electron chi connectivity index (χ2n) is 17.2. The maximum Gasteiger partial charge on any atom is 0.396 e. The number of hydrogen-bond acceptors (Lipinski definition) is 9. The molecular formula is C45H54F4O9S2. The molecule has 1 aromatic heterocycles. The fourth-order valence-corrected chi connectivity index (χ4v) is 13.5. The number of aliphatic hydroxyl groups is 1. The summed E-state index contributed by atoms with van der Waals surface area (Å²) in [5, 5.41) is 7.40. The maximum atomic E-state index is 13.4. The normalized spacial score (nSPS) is 24.4. The highest BCUT2D eigenvalue weighted by molar-refractivity contribution is 7.86. The fraction of sp³-hybridized carbons (Fsp3) is 0.556. The van der Waals surface area contributed by atoms with Gasteiger partial charge in [0.05, 0.1) is 24.0 Å². The van der Waals surface area contributed by atoms with Gasteiger partial charge in [-0.2, -0.15) is 17.6 Å². The van der Waals surface area contributed by atoms with Crippen molar-refractivity contribution in [3.63, 3.8) is 0 Å². The Morgan fingerprint density at radius 1 is 0.900 bits per heavy atom. The van der Waals surface area contributed by atoms with Crippen LogP contribution < -0.4 is 4.74 Å². The van der Waals surface area contributed by atoms with Crippen molar-refractivity contribution in [2.75, 3.05) is 13.2 Å². The molecule has 1 heterocycles. The molecule has 0 saturated heterocycles. The molecule has 5 fully saturated rings. The molecule has 9 nitrogen and oxygen atoms in total. The van der Waals surface area contributed by atoms with Crippen LogP contribution in [0.25, 0.3) is 25.1 Å². The number of carbonyl (C=O) groups is 2. The Hall–Kier alpha value is -3.79. The predicted molar refractivity (Wildman–Crippen MR) is 222 cm³/mol. The summed E-state index contributed by atoms with van der Waals surface area (Å²) < 4.78 is 103. The summed E-state index contributed by atoms with van der Waals surface area (Å²) in [6.45, 7) is 5.05. The van der Waals surface area contributed by atoms with E-state index in [0.29, 0.717) is 25.7 Å². The van der Waals surface area contributed by atoms with E-state index in [4.69, 9.17) is 14.2 Å². The number of carbonyl (C=O) groups excluding carboxylic acids is 2. The van der Waals surface area contributed by atoms with E-state index in [0.717, 1.165) is 55.4 Å². The van der Waals surface area contributed by atoms with E-state index in [1.165, 1.54) is 25.1 Å². The van der Waals surface area contributed by atoms with Gasteiger partial charge >= 0.3 is 23.1 Å². The number of benzene rings is 3. The van der Waals surface area contributed by atoms with Crippen LogP contribution in [0.4, 0.5) is 17.6 Å². The Balaban J connectivity index is 0.000000204. The van der Waals surface area contributed by atoms with E-state index >= 15 is 0 Å². The number of thiophene rings is 1. The molecule has 60 heavy (non-hydrogen) atoms. The highest BCUT2D eigenvalue weighted by Crippen LogP contribution is 2.62. The number of hydrogen-bond donors (Lipinski definition) is 1. The second kappa shape index (κ2) is 16.8. The molecule has 2 atom stereocenters. The highest BCUT2D eigenvalue weighted by atomic mass is 32.2. The van der Waals surface area contributed by atoms with Gasteiger partial charge in [0.15, 0.2) is 31.0 Å². The summed E-state index contributed by atoms with van der Waals surface area (Å²) in [5.41, 5.74) is -0.173. The zero-order valence-corrected chi connectivity index (χ0v) is 35.0. The minimum absolute atomic E-state index is 0. The molecule has 0 aliphatic heterocycles. The Labute approximate surface area is 351 Å². The molecule has 3 aromatic carbocycles. The van der Waals surface area contributed by atoms with Crippen LogP contribution in [0.3, 0.4) is 0 Å². The molecular weight excluding hydrogens is 825 g/mol. The van der Waals surface area contributed by atoms with E-state index in [9.17, 15) is 45.2 Å². The van der Waals surface area contributed by atoms with Crippen LogP contribution in [0.1, 0.15) is 103 Å². The highest BCUT2D eigenvalue weighted by Gasteiger charge is 2.63. The third-order valence-electron chi connectivity index (χ3n) is 12.8. The molecule has 5 aliphatic rings. The van der Waals surface area contributed by atoms with Crippen LogP contribution in [-0.2, 0) is 29.2 Å². The van der Waals surface area contributed by atoms with Crippen molar-refractivity contribution in [3.8, 4) is 10.6 Å². The van der Waals surface area contributed by atoms with Gasteiger partial charge in [0.2, 0.25) is 0 Å². The van der Waals surface area contributed by atoms with Gasteiger partial charge in [-0.3, -0.25) is 4.79 Å². The van der Waals surface area contributed by atoms with Gasteiger partial charge in [-0.15, -0.1) is 0 Å². The second-order valence-corrected chi connectivity index (χ2v) is 20.6. The molecule has 5 aliphatic carbocycles. The number of fused-ring (bicyclic) bond motifs is 3. The van der Waals surface area contributed by atoms with Gasteiger partial charge in [0, 0.05) is 33.4 Å². The Morgan fingerprint density at radius 3 is 1.93 bits per heavy atom. The van der Waals surface area contributed by atoms with E-state index < -0.39 is 51.3 Å². The lowest BCUT2D eigenvalue weighted by Gasteiger charge is -2.58. The standard InChI is InChI=1S/C29H31O3S.C15H20F4O6S.CH4/c1-4-29(15-9-10-16-29)32-27(30)19-31-28-20(2)17-22(18-21(28)3)33-25-13-7-5-11-23(25)24-12-6-8-14-26(24)33;16-14(17,15(18,19)26(22,23)24)1-2-25-11(20)12-4-9-3-10(5-12)7-13(21,6-9)8-12;/h5-8,11-14,17-18H,4,9-10,15-16,19H2,1-3H3;9-10,21H,1-8H2,(H,22,23,24);1H4/q+1;;/p-1. The Kier molecular flexibility index (Phi) is 12.8. The summed E-state index contributed by atoms with van der Waals surface area (Å²) >= 11 is 0. The van der Waals surface area contributed by atoms with Crippen LogP contribution >= 0.6 is 10.5 Å². The van der Waals surface area contributed by atoms with Gasteiger partial charge < -0.3 is 23.9 Å². The van der Waals surface area contributed by atoms with Gasteiger partial charge in [0.1, 0.15) is 11.4 Å². The van der Waals surface area contributed by atoms with Crippen LogP contribution in [-0.4, -0.2) is 65.6 Å². The zero-order chi connectivity index (χ0) is 42.6. The summed E-state index contributed by atoms with van der Waals surface area (Å²) in [6.07, 6.45) is 6.35. The van der Waals surface area contributed by atoms with Crippen molar-refractivity contribution < 1.29 is 59.4 Å². The lowest BCUT2D eigenvalue weighted by atomic mass is 9.48. The lowest BCUT2D eigenvalue weighted by Crippen LogP contribution is -2.58. The zero-order valence-electron chi connectivity index (χ0n) is 33.4. The number of alkyl halides is 4. The van der Waals surface area contributed by atoms with Crippen LogP contribution in [0, 0.1) is 31.1 Å².